The van der Waals surface area contributed by atoms with Crippen molar-refractivity contribution in [1.29, 1.82) is 0 Å². The number of hydrogen-bond acceptors (Lipinski definition) is 0. The first-order valence-electron chi connectivity index (χ1n) is 5.93. The molecule has 0 aromatic rings. The van der Waals surface area contributed by atoms with E-state index in [1.807, 2.05) is 6.92 Å². The average Bonchev–Trinajstić information content (AvgIpc) is 2.37. The van der Waals surface area contributed by atoms with Gasteiger partial charge in [0.25, 0.3) is 0 Å². The Morgan fingerprint density at radius 3 is 2.69 bits per heavy atom. The minimum Gasteiger partial charge on any atom is -0.0961 e. The van der Waals surface area contributed by atoms with Crippen molar-refractivity contribution in [2.45, 2.75) is 34.1 Å². The Hall–Kier alpha value is -1.30. The highest BCUT2D eigenvalue weighted by Crippen LogP contribution is 2.26. The van der Waals surface area contributed by atoms with Gasteiger partial charge in [0.1, 0.15) is 0 Å². The highest BCUT2D eigenvalue weighted by Gasteiger charge is 2.08. The fourth-order valence-electron chi connectivity index (χ4n) is 1.89. The van der Waals surface area contributed by atoms with E-state index in [9.17, 15) is 0 Å². The highest BCUT2D eigenvalue weighted by atomic mass is 14.1. The van der Waals surface area contributed by atoms with Gasteiger partial charge in [0.2, 0.25) is 0 Å². The summed E-state index contributed by atoms with van der Waals surface area (Å²) in [5, 5.41) is 0. The van der Waals surface area contributed by atoms with Gasteiger partial charge in [-0.3, -0.25) is 0 Å². The number of allylic oxidation sites excluding steroid dienone is 9. The fourth-order valence-corrected chi connectivity index (χ4v) is 1.89. The molecule has 0 unspecified atom stereocenters. The van der Waals surface area contributed by atoms with Crippen LogP contribution in [0.25, 0.3) is 0 Å². The van der Waals surface area contributed by atoms with Crippen molar-refractivity contribution < 1.29 is 0 Å². The van der Waals surface area contributed by atoms with Crippen molar-refractivity contribution >= 4 is 0 Å². The van der Waals surface area contributed by atoms with Crippen molar-refractivity contribution in [3.05, 3.63) is 59.3 Å². The molecule has 0 radical (unpaired) electrons. The van der Waals surface area contributed by atoms with Gasteiger partial charge in [0.05, 0.1) is 0 Å². The Kier molecular flexibility index (Phi) is 4.54. The average molecular weight is 214 g/mol. The van der Waals surface area contributed by atoms with E-state index in [0.29, 0.717) is 5.92 Å². The first-order valence-corrected chi connectivity index (χ1v) is 5.93. The maximum absolute atomic E-state index is 3.90. The number of rotatable bonds is 3. The molecular formula is C16H22. The normalized spacial score (nSPS) is 16.9. The quantitative estimate of drug-likeness (QED) is 0.581. The van der Waals surface area contributed by atoms with Gasteiger partial charge in [-0.2, -0.15) is 0 Å². The van der Waals surface area contributed by atoms with Crippen LogP contribution in [-0.4, -0.2) is 0 Å². The Balaban J connectivity index is 3.06. The zero-order valence-corrected chi connectivity index (χ0v) is 10.9. The van der Waals surface area contributed by atoms with E-state index in [0.717, 1.165) is 12.0 Å². The molecular weight excluding hydrogens is 192 g/mol. The van der Waals surface area contributed by atoms with Crippen molar-refractivity contribution in [1.82, 2.24) is 0 Å². The van der Waals surface area contributed by atoms with Gasteiger partial charge in [0.15, 0.2) is 0 Å². The van der Waals surface area contributed by atoms with Gasteiger partial charge in [-0.05, 0) is 42.9 Å². The van der Waals surface area contributed by atoms with E-state index in [-0.39, 0.29) is 0 Å². The summed E-state index contributed by atoms with van der Waals surface area (Å²) in [4.78, 5) is 0. The third kappa shape index (κ3) is 3.37. The minimum absolute atomic E-state index is 0.580. The first kappa shape index (κ1) is 12.8. The lowest BCUT2D eigenvalue weighted by atomic mass is 9.94. The summed E-state index contributed by atoms with van der Waals surface area (Å²) in [6.07, 6.45) is 12.0. The summed E-state index contributed by atoms with van der Waals surface area (Å²) in [5.74, 6) is 0.580. The molecule has 0 aromatic heterocycles. The third-order valence-electron chi connectivity index (χ3n) is 2.81. The molecule has 0 nitrogen and oxygen atoms in total. The maximum atomic E-state index is 3.90. The maximum Gasteiger partial charge on any atom is -0.0157 e. The fraction of sp³-hybridized carbons (Fsp3) is 0.375. The lowest BCUT2D eigenvalue weighted by Gasteiger charge is -2.12. The van der Waals surface area contributed by atoms with Gasteiger partial charge in [-0.15, -0.1) is 0 Å². The summed E-state index contributed by atoms with van der Waals surface area (Å²) >= 11 is 0. The van der Waals surface area contributed by atoms with Crippen LogP contribution in [0.5, 0.6) is 0 Å². The lowest BCUT2D eigenvalue weighted by Crippen LogP contribution is -1.95. The van der Waals surface area contributed by atoms with E-state index in [1.54, 1.807) is 0 Å². The molecule has 0 N–H and O–H groups in total. The van der Waals surface area contributed by atoms with Gasteiger partial charge < -0.3 is 0 Å². The second kappa shape index (κ2) is 5.69. The van der Waals surface area contributed by atoms with E-state index in [2.05, 4.69) is 57.7 Å². The first-order chi connectivity index (χ1) is 7.52. The monoisotopic (exact) mass is 214 g/mol. The van der Waals surface area contributed by atoms with Crippen molar-refractivity contribution in [2.24, 2.45) is 5.92 Å². The van der Waals surface area contributed by atoms with Crippen LogP contribution in [0.15, 0.2) is 59.3 Å². The van der Waals surface area contributed by atoms with Crippen LogP contribution >= 0.6 is 0 Å². The van der Waals surface area contributed by atoms with E-state index in [4.69, 9.17) is 0 Å². The van der Waals surface area contributed by atoms with Crippen LogP contribution in [0.3, 0.4) is 0 Å². The molecule has 0 saturated carbocycles. The standard InChI is InChI=1S/C16H22/c1-12(2)10-11-15-8-6-7-9-16(13(3)4)14(15)5/h7-11,13H,1,6H2,2-5H3. The lowest BCUT2D eigenvalue weighted by molar-refractivity contribution is 0.782. The molecule has 0 heteroatoms. The van der Waals surface area contributed by atoms with Crippen molar-refractivity contribution in [2.75, 3.05) is 0 Å². The molecule has 0 amide bonds. The van der Waals surface area contributed by atoms with Gasteiger partial charge in [0, 0.05) is 0 Å². The van der Waals surface area contributed by atoms with Gasteiger partial charge in [-0.1, -0.05) is 56.4 Å². The molecule has 1 aliphatic carbocycles. The zero-order valence-electron chi connectivity index (χ0n) is 10.9. The van der Waals surface area contributed by atoms with Gasteiger partial charge >= 0.3 is 0 Å². The van der Waals surface area contributed by atoms with E-state index in [1.165, 1.54) is 16.7 Å². The molecule has 0 saturated heterocycles. The highest BCUT2D eigenvalue weighted by molar-refractivity contribution is 5.48. The Morgan fingerprint density at radius 1 is 1.44 bits per heavy atom. The second-order valence-electron chi connectivity index (χ2n) is 4.71. The molecule has 0 aromatic carbocycles. The van der Waals surface area contributed by atoms with Crippen LogP contribution < -0.4 is 0 Å². The van der Waals surface area contributed by atoms with Gasteiger partial charge in [-0.25, -0.2) is 0 Å². The van der Waals surface area contributed by atoms with Crippen LogP contribution in [-0.2, 0) is 0 Å². The molecule has 0 spiro atoms. The smallest absolute Gasteiger partial charge is 0.0157 e. The molecule has 1 aliphatic rings. The minimum atomic E-state index is 0.580. The van der Waals surface area contributed by atoms with Crippen molar-refractivity contribution in [3.63, 3.8) is 0 Å². The molecule has 0 heterocycles. The van der Waals surface area contributed by atoms with Crippen molar-refractivity contribution in [3.8, 4) is 0 Å². The summed E-state index contributed by atoms with van der Waals surface area (Å²) in [6, 6.07) is 0. The van der Waals surface area contributed by atoms with Crippen LogP contribution in [0.4, 0.5) is 0 Å². The van der Waals surface area contributed by atoms with E-state index >= 15 is 0 Å². The molecule has 0 fully saturated rings. The zero-order chi connectivity index (χ0) is 12.1. The molecule has 16 heavy (non-hydrogen) atoms. The summed E-state index contributed by atoms with van der Waals surface area (Å²) < 4.78 is 0. The number of hydrogen-bond donors (Lipinski definition) is 0. The Morgan fingerprint density at radius 2 is 2.12 bits per heavy atom. The third-order valence-corrected chi connectivity index (χ3v) is 2.81. The predicted molar refractivity (Wildman–Crippen MR) is 73.3 cm³/mol. The Labute approximate surface area is 99.8 Å². The molecule has 0 bridgehead atoms. The molecule has 1 rings (SSSR count). The second-order valence-corrected chi connectivity index (χ2v) is 4.71. The van der Waals surface area contributed by atoms with Crippen LogP contribution in [0, 0.1) is 5.92 Å². The summed E-state index contributed by atoms with van der Waals surface area (Å²) in [5.41, 5.74) is 5.25. The van der Waals surface area contributed by atoms with Crippen LogP contribution in [0.1, 0.15) is 34.1 Å². The summed E-state index contributed by atoms with van der Waals surface area (Å²) in [7, 11) is 0. The topological polar surface area (TPSA) is 0 Å². The largest absolute Gasteiger partial charge is 0.0961 e. The molecule has 0 aliphatic heterocycles. The SMILES string of the molecule is C=C(C)C=CC1=CCC=CC(C(C)C)=C1C. The Bertz CT molecular complexity index is 384. The summed E-state index contributed by atoms with van der Waals surface area (Å²) in [6.45, 7) is 12.6. The van der Waals surface area contributed by atoms with Crippen LogP contribution in [0.2, 0.25) is 0 Å². The molecule has 0 atom stereocenters. The predicted octanol–water partition coefficient (Wildman–Crippen LogP) is 4.98. The molecule has 86 valence electrons. The van der Waals surface area contributed by atoms with E-state index < -0.39 is 0 Å².